The van der Waals surface area contributed by atoms with Gasteiger partial charge in [0.15, 0.2) is 0 Å². The normalized spacial score (nSPS) is 15.0. The third-order valence-electron chi connectivity index (χ3n) is 7.53. The molecule has 1 fully saturated rings. The van der Waals surface area contributed by atoms with Crippen LogP contribution < -0.4 is 9.62 Å². The van der Waals surface area contributed by atoms with E-state index in [2.05, 4.69) is 5.32 Å². The first-order chi connectivity index (χ1) is 18.5. The van der Waals surface area contributed by atoms with Crippen LogP contribution in [0.4, 0.5) is 5.69 Å². The van der Waals surface area contributed by atoms with Crippen LogP contribution in [0.1, 0.15) is 75.0 Å². The highest BCUT2D eigenvalue weighted by Crippen LogP contribution is 2.23. The minimum atomic E-state index is -3.54. The van der Waals surface area contributed by atoms with Crippen LogP contribution in [-0.2, 0) is 26.2 Å². The number of nitrogens with one attached hydrogen (secondary N) is 1. The number of sulfonamides is 1. The summed E-state index contributed by atoms with van der Waals surface area (Å²) in [6, 6.07) is 12.4. The number of hydrogen-bond acceptors (Lipinski definition) is 4. The highest BCUT2D eigenvalue weighted by Gasteiger charge is 2.30. The highest BCUT2D eigenvalue weighted by molar-refractivity contribution is 7.92. The topological polar surface area (TPSA) is 86.8 Å². The van der Waals surface area contributed by atoms with Crippen molar-refractivity contribution in [3.63, 3.8) is 0 Å². The summed E-state index contributed by atoms with van der Waals surface area (Å²) in [5, 5.41) is 3.79. The number of nitrogens with zero attached hydrogens (tertiary/aromatic N) is 2. The summed E-state index contributed by atoms with van der Waals surface area (Å²) in [6.45, 7) is 6.29. The first kappa shape index (κ1) is 31.0. The molecule has 0 radical (unpaired) electrons. The van der Waals surface area contributed by atoms with E-state index in [0.717, 1.165) is 42.4 Å². The van der Waals surface area contributed by atoms with Gasteiger partial charge in [0.2, 0.25) is 21.8 Å². The second-order valence-electron chi connectivity index (χ2n) is 10.6. The van der Waals surface area contributed by atoms with Crippen molar-refractivity contribution in [3.05, 3.63) is 64.2 Å². The molecule has 1 aliphatic carbocycles. The van der Waals surface area contributed by atoms with Gasteiger partial charge in [-0.05, 0) is 80.5 Å². The van der Waals surface area contributed by atoms with Gasteiger partial charge in [-0.25, -0.2) is 8.42 Å². The Kier molecular flexibility index (Phi) is 11.2. The van der Waals surface area contributed by atoms with Crippen LogP contribution in [0.25, 0.3) is 0 Å². The zero-order valence-corrected chi connectivity index (χ0v) is 25.2. The number of halogens is 1. The van der Waals surface area contributed by atoms with Gasteiger partial charge in [-0.1, -0.05) is 56.0 Å². The van der Waals surface area contributed by atoms with Crippen molar-refractivity contribution in [1.29, 1.82) is 0 Å². The molecular weight excluding hydrogens is 534 g/mol. The molecule has 0 aliphatic heterocycles. The molecule has 0 bridgehead atoms. The van der Waals surface area contributed by atoms with Gasteiger partial charge in [-0.15, -0.1) is 0 Å². The average Bonchev–Trinajstić information content (AvgIpc) is 2.89. The quantitative estimate of drug-likeness (QED) is 0.349. The monoisotopic (exact) mass is 575 g/mol. The fraction of sp³-hybridized carbons (Fsp3) is 0.533. The molecule has 1 saturated carbocycles. The molecule has 2 amide bonds. The zero-order chi connectivity index (χ0) is 28.6. The van der Waals surface area contributed by atoms with Crippen molar-refractivity contribution in [1.82, 2.24) is 10.2 Å². The molecule has 1 N–H and O–H groups in total. The Morgan fingerprint density at radius 3 is 2.28 bits per heavy atom. The van der Waals surface area contributed by atoms with Gasteiger partial charge in [-0.3, -0.25) is 13.9 Å². The standard InChI is InChI=1S/C30H42ClN3O4S/c1-5-28(30(36)32-26-10-7-6-8-11-26)33(21-24-14-16-25(31)17-15-24)29(35)12-9-19-34(39(4,37)38)27-18-13-22(2)23(3)20-27/h13-18,20,26,28H,5-12,19,21H2,1-4H3,(H,32,36). The van der Waals surface area contributed by atoms with Crippen molar-refractivity contribution >= 4 is 39.1 Å². The minimum Gasteiger partial charge on any atom is -0.352 e. The van der Waals surface area contributed by atoms with Crippen LogP contribution in [0.2, 0.25) is 5.02 Å². The summed E-state index contributed by atoms with van der Waals surface area (Å²) in [5.41, 5.74) is 3.55. The van der Waals surface area contributed by atoms with Crippen molar-refractivity contribution in [2.75, 3.05) is 17.1 Å². The molecule has 39 heavy (non-hydrogen) atoms. The lowest BCUT2D eigenvalue weighted by molar-refractivity contribution is -0.141. The van der Waals surface area contributed by atoms with Crippen molar-refractivity contribution in [2.45, 2.75) is 90.8 Å². The average molecular weight is 576 g/mol. The van der Waals surface area contributed by atoms with E-state index in [0.29, 0.717) is 23.6 Å². The number of benzene rings is 2. The van der Waals surface area contributed by atoms with Crippen molar-refractivity contribution in [3.8, 4) is 0 Å². The van der Waals surface area contributed by atoms with Gasteiger partial charge < -0.3 is 10.2 Å². The van der Waals surface area contributed by atoms with Crippen LogP contribution in [0.15, 0.2) is 42.5 Å². The van der Waals surface area contributed by atoms with E-state index >= 15 is 0 Å². The van der Waals surface area contributed by atoms with Gasteiger partial charge >= 0.3 is 0 Å². The minimum absolute atomic E-state index is 0.123. The lowest BCUT2D eigenvalue weighted by atomic mass is 9.95. The maximum atomic E-state index is 13.6. The lowest BCUT2D eigenvalue weighted by Crippen LogP contribution is -2.51. The molecule has 2 aromatic carbocycles. The van der Waals surface area contributed by atoms with Gasteiger partial charge in [0, 0.05) is 30.6 Å². The Balaban J connectivity index is 1.76. The van der Waals surface area contributed by atoms with Crippen LogP contribution in [0.3, 0.4) is 0 Å². The first-order valence-corrected chi connectivity index (χ1v) is 16.1. The molecule has 214 valence electrons. The summed E-state index contributed by atoms with van der Waals surface area (Å²) >= 11 is 6.06. The maximum absolute atomic E-state index is 13.6. The summed E-state index contributed by atoms with van der Waals surface area (Å²) in [6.07, 6.45) is 7.44. The van der Waals surface area contributed by atoms with Gasteiger partial charge in [0.05, 0.1) is 11.9 Å². The predicted molar refractivity (Wildman–Crippen MR) is 158 cm³/mol. The lowest BCUT2D eigenvalue weighted by Gasteiger charge is -2.33. The number of hydrogen-bond donors (Lipinski definition) is 1. The van der Waals surface area contributed by atoms with Crippen molar-refractivity contribution in [2.24, 2.45) is 0 Å². The third kappa shape index (κ3) is 8.97. The molecule has 9 heteroatoms. The van der Waals surface area contributed by atoms with Gasteiger partial charge in [0.25, 0.3) is 0 Å². The molecule has 0 spiro atoms. The molecule has 0 saturated heterocycles. The van der Waals surface area contributed by atoms with Crippen LogP contribution in [0, 0.1) is 13.8 Å². The molecule has 1 atom stereocenters. The van der Waals surface area contributed by atoms with E-state index < -0.39 is 16.1 Å². The van der Waals surface area contributed by atoms with E-state index in [1.165, 1.54) is 17.0 Å². The fourth-order valence-corrected chi connectivity index (χ4v) is 6.22. The Hall–Kier alpha value is -2.58. The zero-order valence-electron chi connectivity index (χ0n) is 23.6. The van der Waals surface area contributed by atoms with E-state index in [1.54, 1.807) is 23.1 Å². The summed E-state index contributed by atoms with van der Waals surface area (Å²) < 4.78 is 26.6. The molecule has 0 heterocycles. The van der Waals surface area contributed by atoms with Crippen LogP contribution >= 0.6 is 11.6 Å². The maximum Gasteiger partial charge on any atom is 0.243 e. The van der Waals surface area contributed by atoms with E-state index in [-0.39, 0.29) is 37.4 Å². The molecule has 2 aromatic rings. The Morgan fingerprint density at radius 1 is 1.03 bits per heavy atom. The number of aryl methyl sites for hydroxylation is 2. The number of anilines is 1. The summed E-state index contributed by atoms with van der Waals surface area (Å²) in [7, 11) is -3.54. The van der Waals surface area contributed by atoms with E-state index in [4.69, 9.17) is 11.6 Å². The number of rotatable bonds is 12. The number of carbonyl (C=O) groups excluding carboxylic acids is 2. The molecule has 7 nitrogen and oxygen atoms in total. The molecular formula is C30H42ClN3O4S. The summed E-state index contributed by atoms with van der Waals surface area (Å²) in [4.78, 5) is 28.6. The molecule has 1 unspecified atom stereocenters. The van der Waals surface area contributed by atoms with Crippen molar-refractivity contribution < 1.29 is 18.0 Å². The second-order valence-corrected chi connectivity index (χ2v) is 13.0. The molecule has 1 aliphatic rings. The fourth-order valence-electron chi connectivity index (χ4n) is 5.13. The highest BCUT2D eigenvalue weighted by atomic mass is 35.5. The Bertz CT molecular complexity index is 1230. The van der Waals surface area contributed by atoms with E-state index in [9.17, 15) is 18.0 Å². The summed E-state index contributed by atoms with van der Waals surface area (Å²) in [5.74, 6) is -0.302. The van der Waals surface area contributed by atoms with Crippen LogP contribution in [0.5, 0.6) is 0 Å². The number of carbonyl (C=O) groups is 2. The second kappa shape index (κ2) is 14.2. The largest absolute Gasteiger partial charge is 0.352 e. The third-order valence-corrected chi connectivity index (χ3v) is 8.98. The molecule has 3 rings (SSSR count). The SMILES string of the molecule is CCC(C(=O)NC1CCCCC1)N(Cc1ccc(Cl)cc1)C(=O)CCCN(c1ccc(C)c(C)c1)S(C)(=O)=O. The Labute approximate surface area is 239 Å². The molecule has 0 aromatic heterocycles. The predicted octanol–water partition coefficient (Wildman–Crippen LogP) is 5.76. The Morgan fingerprint density at radius 2 is 1.69 bits per heavy atom. The van der Waals surface area contributed by atoms with Crippen LogP contribution in [-0.4, -0.2) is 50.0 Å². The first-order valence-electron chi connectivity index (χ1n) is 13.9. The smallest absolute Gasteiger partial charge is 0.243 e. The van der Waals surface area contributed by atoms with Gasteiger partial charge in [0.1, 0.15) is 6.04 Å². The van der Waals surface area contributed by atoms with Gasteiger partial charge in [-0.2, -0.15) is 0 Å². The van der Waals surface area contributed by atoms with E-state index in [1.807, 2.05) is 45.0 Å². The number of amides is 2.